The minimum atomic E-state index is 0.545. The van der Waals surface area contributed by atoms with Crippen molar-refractivity contribution < 1.29 is 0 Å². The largest absolute Gasteiger partial charge is 0.453 e. The molecule has 0 radical (unpaired) electrons. The van der Waals surface area contributed by atoms with E-state index in [1.807, 2.05) is 0 Å². The van der Waals surface area contributed by atoms with Crippen LogP contribution in [0.25, 0.3) is 0 Å². The van der Waals surface area contributed by atoms with Crippen LogP contribution in [0.3, 0.4) is 0 Å². The van der Waals surface area contributed by atoms with E-state index in [1.54, 1.807) is 0 Å². The summed E-state index contributed by atoms with van der Waals surface area (Å²) in [5, 5.41) is 0. The van der Waals surface area contributed by atoms with Crippen LogP contribution >= 0.6 is 0 Å². The molecule has 76 valence electrons. The molecule has 1 aromatic carbocycles. The molecule has 2 rings (SSSR count). The number of piperidine rings is 1. The zero-order chi connectivity index (χ0) is 9.97. The number of benzene rings is 1. The minimum absolute atomic E-state index is 0.545. The van der Waals surface area contributed by atoms with E-state index in [1.165, 1.54) is 30.4 Å². The first kappa shape index (κ1) is 9.72. The predicted molar refractivity (Wildman–Crippen MR) is 59.8 cm³/mol. The van der Waals surface area contributed by atoms with Crippen LogP contribution in [-0.4, -0.2) is 11.4 Å². The predicted octanol–water partition coefficient (Wildman–Crippen LogP) is 3.31. The van der Waals surface area contributed by atoms with Gasteiger partial charge in [0, 0.05) is 6.04 Å². The van der Waals surface area contributed by atoms with E-state index in [0.29, 0.717) is 6.04 Å². The molecule has 1 heterocycles. The summed E-state index contributed by atoms with van der Waals surface area (Å²) in [6.45, 7) is 3.29. The van der Waals surface area contributed by atoms with Crippen molar-refractivity contribution in [3.05, 3.63) is 42.4 Å². The van der Waals surface area contributed by atoms with Gasteiger partial charge in [-0.1, -0.05) is 36.2 Å². The molecule has 0 amide bonds. The molecular weight excluding hydrogens is 170 g/mol. The molecular formula is C13H18N-. The molecule has 14 heavy (non-hydrogen) atoms. The fourth-order valence-electron chi connectivity index (χ4n) is 2.25. The van der Waals surface area contributed by atoms with Crippen LogP contribution in [-0.2, 0) is 0 Å². The molecule has 0 spiro atoms. The Kier molecular flexibility index (Phi) is 2.87. The molecule has 1 aromatic rings. The van der Waals surface area contributed by atoms with Gasteiger partial charge >= 0.3 is 0 Å². The first-order valence-corrected chi connectivity index (χ1v) is 5.41. The fourth-order valence-corrected chi connectivity index (χ4v) is 2.25. The van der Waals surface area contributed by atoms with Crippen LogP contribution in [0, 0.1) is 14.0 Å². The van der Waals surface area contributed by atoms with Crippen molar-refractivity contribution >= 4 is 0 Å². The lowest BCUT2D eigenvalue weighted by atomic mass is 9.95. The maximum atomic E-state index is 4.12. The summed E-state index contributed by atoms with van der Waals surface area (Å²) in [5.74, 6) is 0. The van der Waals surface area contributed by atoms with Crippen LogP contribution in [0.5, 0.6) is 0 Å². The molecule has 1 atom stereocenters. The first-order chi connectivity index (χ1) is 6.77. The lowest BCUT2D eigenvalue weighted by Crippen LogP contribution is -2.27. The number of rotatable bonds is 1. The Bertz CT molecular complexity index is 306. The second-order valence-electron chi connectivity index (χ2n) is 4.24. The average Bonchev–Trinajstić information content (AvgIpc) is 2.18. The normalized spacial score (nSPS) is 23.7. The second kappa shape index (κ2) is 4.14. The highest BCUT2D eigenvalue weighted by atomic mass is 15.1. The highest BCUT2D eigenvalue weighted by molar-refractivity contribution is 5.25. The number of aryl methyl sites for hydroxylation is 1. The molecule has 1 aliphatic heterocycles. The molecule has 0 saturated carbocycles. The van der Waals surface area contributed by atoms with Crippen molar-refractivity contribution in [2.24, 2.45) is 0 Å². The van der Waals surface area contributed by atoms with E-state index >= 15 is 0 Å². The summed E-state index contributed by atoms with van der Waals surface area (Å²) < 4.78 is 0. The zero-order valence-electron chi connectivity index (χ0n) is 8.87. The molecule has 1 nitrogen and oxygen atoms in total. The summed E-state index contributed by atoms with van der Waals surface area (Å²) in [5.41, 5.74) is 2.78. The van der Waals surface area contributed by atoms with E-state index in [-0.39, 0.29) is 0 Å². The van der Waals surface area contributed by atoms with Crippen molar-refractivity contribution in [2.45, 2.75) is 32.2 Å². The topological polar surface area (TPSA) is 3.24 Å². The molecule has 0 aliphatic carbocycles. The van der Waals surface area contributed by atoms with Gasteiger partial charge in [-0.2, -0.15) is 0 Å². The summed E-state index contributed by atoms with van der Waals surface area (Å²) >= 11 is 0. The summed E-state index contributed by atoms with van der Waals surface area (Å²) in [4.78, 5) is 2.23. The van der Waals surface area contributed by atoms with Gasteiger partial charge in [0.2, 0.25) is 0 Å². The molecule has 1 aliphatic rings. The van der Waals surface area contributed by atoms with Gasteiger partial charge in [-0.05, 0) is 31.9 Å². The molecule has 1 saturated heterocycles. The highest BCUT2D eigenvalue weighted by Crippen LogP contribution is 2.30. The fraction of sp³-hybridized carbons (Fsp3) is 0.462. The SMILES string of the molecule is [CH2-]N1CCCCC1c1cccc(C)c1. The third kappa shape index (κ3) is 1.98. The van der Waals surface area contributed by atoms with Crippen molar-refractivity contribution in [3.8, 4) is 0 Å². The maximum Gasteiger partial charge on any atom is 0.00729 e. The molecule has 0 aromatic heterocycles. The molecule has 0 bridgehead atoms. The summed E-state index contributed by atoms with van der Waals surface area (Å²) in [7, 11) is 4.12. The molecule has 1 heteroatoms. The van der Waals surface area contributed by atoms with Crippen molar-refractivity contribution in [3.63, 3.8) is 0 Å². The van der Waals surface area contributed by atoms with Gasteiger partial charge in [0.05, 0.1) is 0 Å². The Hall–Kier alpha value is -0.820. The van der Waals surface area contributed by atoms with Gasteiger partial charge in [-0.15, -0.1) is 0 Å². The van der Waals surface area contributed by atoms with Crippen molar-refractivity contribution in [1.29, 1.82) is 0 Å². The van der Waals surface area contributed by atoms with E-state index in [4.69, 9.17) is 0 Å². The van der Waals surface area contributed by atoms with Crippen LogP contribution in [0.4, 0.5) is 0 Å². The van der Waals surface area contributed by atoms with Gasteiger partial charge in [0.1, 0.15) is 0 Å². The lowest BCUT2D eigenvalue weighted by molar-refractivity contribution is 0.211. The summed E-state index contributed by atoms with van der Waals surface area (Å²) in [6, 6.07) is 9.35. The number of hydrogen-bond acceptors (Lipinski definition) is 1. The Balaban J connectivity index is 2.20. The third-order valence-corrected chi connectivity index (χ3v) is 3.04. The van der Waals surface area contributed by atoms with E-state index < -0.39 is 0 Å². The molecule has 1 fully saturated rings. The van der Waals surface area contributed by atoms with Gasteiger partial charge < -0.3 is 4.90 Å². The molecule has 1 unspecified atom stereocenters. The quantitative estimate of drug-likeness (QED) is 0.611. The van der Waals surface area contributed by atoms with E-state index in [9.17, 15) is 0 Å². The Labute approximate surface area is 86.7 Å². The third-order valence-electron chi connectivity index (χ3n) is 3.04. The van der Waals surface area contributed by atoms with Gasteiger partial charge in [-0.25, -0.2) is 0 Å². The van der Waals surface area contributed by atoms with Gasteiger partial charge in [0.25, 0.3) is 0 Å². The van der Waals surface area contributed by atoms with Crippen LogP contribution in [0.15, 0.2) is 24.3 Å². The lowest BCUT2D eigenvalue weighted by Gasteiger charge is -2.39. The monoisotopic (exact) mass is 188 g/mol. The van der Waals surface area contributed by atoms with E-state index in [0.717, 1.165) is 6.54 Å². The zero-order valence-corrected chi connectivity index (χ0v) is 8.87. The van der Waals surface area contributed by atoms with Crippen LogP contribution < -0.4 is 0 Å². The molecule has 0 N–H and O–H groups in total. The van der Waals surface area contributed by atoms with Crippen molar-refractivity contribution in [1.82, 2.24) is 4.90 Å². The Morgan fingerprint density at radius 3 is 2.93 bits per heavy atom. The average molecular weight is 188 g/mol. The van der Waals surface area contributed by atoms with Crippen LogP contribution in [0.1, 0.15) is 36.4 Å². The van der Waals surface area contributed by atoms with Gasteiger partial charge in [-0.3, -0.25) is 7.05 Å². The number of nitrogens with zero attached hydrogens (tertiary/aromatic N) is 1. The maximum absolute atomic E-state index is 4.12. The number of likely N-dealkylation sites (tertiary alicyclic amines) is 1. The smallest absolute Gasteiger partial charge is 0.00729 e. The van der Waals surface area contributed by atoms with E-state index in [2.05, 4.69) is 43.1 Å². The standard InChI is InChI=1S/C13H18N/c1-11-6-5-7-12(10-11)13-8-3-4-9-14(13)2/h5-7,10,13H,2-4,8-9H2,1H3/q-1. The number of hydrogen-bond donors (Lipinski definition) is 0. The minimum Gasteiger partial charge on any atom is -0.453 e. The second-order valence-corrected chi connectivity index (χ2v) is 4.24. The highest BCUT2D eigenvalue weighted by Gasteiger charge is 2.16. The van der Waals surface area contributed by atoms with Crippen molar-refractivity contribution in [2.75, 3.05) is 6.54 Å². The first-order valence-electron chi connectivity index (χ1n) is 5.41. The van der Waals surface area contributed by atoms with Crippen LogP contribution in [0.2, 0.25) is 0 Å². The van der Waals surface area contributed by atoms with Gasteiger partial charge in [0.15, 0.2) is 0 Å². The summed E-state index contributed by atoms with van der Waals surface area (Å²) in [6.07, 6.45) is 3.89. The Morgan fingerprint density at radius 2 is 2.21 bits per heavy atom. The Morgan fingerprint density at radius 1 is 1.36 bits per heavy atom.